The lowest BCUT2D eigenvalue weighted by Crippen LogP contribution is -1.97. The number of benzene rings is 3. The van der Waals surface area contributed by atoms with Gasteiger partial charge in [0.1, 0.15) is 23.1 Å². The summed E-state index contributed by atoms with van der Waals surface area (Å²) in [5.74, 6) is 0.00385. The topological polar surface area (TPSA) is 39.9 Å². The van der Waals surface area contributed by atoms with Crippen molar-refractivity contribution in [2.45, 2.75) is 0 Å². The molecule has 2 aromatic heterocycles. The van der Waals surface area contributed by atoms with Gasteiger partial charge in [0.25, 0.3) is 0 Å². The van der Waals surface area contributed by atoms with Gasteiger partial charge in [-0.2, -0.15) is 5.10 Å². The van der Waals surface area contributed by atoms with Crippen molar-refractivity contribution in [3.8, 4) is 22.7 Å². The van der Waals surface area contributed by atoms with E-state index in [9.17, 15) is 8.78 Å². The Labute approximate surface area is 165 Å². The molecule has 3 aromatic carbocycles. The fourth-order valence-electron chi connectivity index (χ4n) is 3.51. The maximum atomic E-state index is 14.1. The molecule has 6 heteroatoms. The lowest BCUT2D eigenvalue weighted by molar-refractivity contribution is 0.415. The Morgan fingerprint density at radius 2 is 1.66 bits per heavy atom. The van der Waals surface area contributed by atoms with Crippen molar-refractivity contribution in [2.24, 2.45) is 0 Å². The third-order valence-corrected chi connectivity index (χ3v) is 4.88. The number of halogens is 2. The van der Waals surface area contributed by atoms with Gasteiger partial charge in [0, 0.05) is 22.5 Å². The van der Waals surface area contributed by atoms with Gasteiger partial charge < -0.3 is 4.74 Å². The number of rotatable bonds is 3. The minimum Gasteiger partial charge on any atom is -0.497 e. The van der Waals surface area contributed by atoms with Gasteiger partial charge in [0.05, 0.1) is 23.8 Å². The number of pyridine rings is 1. The third-order valence-electron chi connectivity index (χ3n) is 4.88. The number of fused-ring (bicyclic) bond motifs is 3. The summed E-state index contributed by atoms with van der Waals surface area (Å²) in [4.78, 5) is 4.49. The van der Waals surface area contributed by atoms with Crippen molar-refractivity contribution in [1.29, 1.82) is 0 Å². The van der Waals surface area contributed by atoms with E-state index in [1.165, 1.54) is 24.3 Å². The number of methoxy groups -OCH3 is 1. The van der Waals surface area contributed by atoms with Crippen molar-refractivity contribution < 1.29 is 13.5 Å². The second-order valence-corrected chi connectivity index (χ2v) is 6.65. The average molecular weight is 387 g/mol. The molecule has 0 aliphatic rings. The molecule has 0 unspecified atom stereocenters. The van der Waals surface area contributed by atoms with Crippen LogP contribution in [0.3, 0.4) is 0 Å². The first-order valence-electron chi connectivity index (χ1n) is 9.01. The molecular weight excluding hydrogens is 372 g/mol. The molecule has 5 rings (SSSR count). The molecule has 29 heavy (non-hydrogen) atoms. The SMILES string of the molecule is COc1cccc(-c2nn(-c3ccc(F)cc3)c3c2cnc2ccc(F)cc23)c1. The van der Waals surface area contributed by atoms with E-state index >= 15 is 0 Å². The number of hydrogen-bond acceptors (Lipinski definition) is 3. The molecule has 2 heterocycles. The molecule has 142 valence electrons. The summed E-state index contributed by atoms with van der Waals surface area (Å²) in [7, 11) is 1.60. The molecular formula is C23H15F2N3O. The number of hydrogen-bond donors (Lipinski definition) is 0. The number of nitrogens with zero attached hydrogens (tertiary/aromatic N) is 3. The van der Waals surface area contributed by atoms with Crippen LogP contribution in [0.5, 0.6) is 5.75 Å². The maximum Gasteiger partial charge on any atom is 0.124 e. The van der Waals surface area contributed by atoms with E-state index in [4.69, 9.17) is 9.84 Å². The van der Waals surface area contributed by atoms with E-state index in [0.717, 1.165) is 10.9 Å². The van der Waals surface area contributed by atoms with Gasteiger partial charge in [0.15, 0.2) is 0 Å². The Balaban J connectivity index is 1.89. The molecule has 0 fully saturated rings. The molecule has 0 spiro atoms. The van der Waals surface area contributed by atoms with E-state index in [2.05, 4.69) is 4.98 Å². The van der Waals surface area contributed by atoms with Gasteiger partial charge in [-0.05, 0) is 54.6 Å². The molecule has 0 N–H and O–H groups in total. The summed E-state index contributed by atoms with van der Waals surface area (Å²) < 4.78 is 34.6. The first kappa shape index (κ1) is 17.3. The smallest absolute Gasteiger partial charge is 0.124 e. The molecule has 0 radical (unpaired) electrons. The zero-order valence-corrected chi connectivity index (χ0v) is 15.4. The Morgan fingerprint density at radius 1 is 0.862 bits per heavy atom. The predicted octanol–water partition coefficient (Wildman–Crippen LogP) is 5.53. The fraction of sp³-hybridized carbons (Fsp3) is 0.0435. The Kier molecular flexibility index (Phi) is 3.98. The van der Waals surface area contributed by atoms with Gasteiger partial charge in [-0.1, -0.05) is 12.1 Å². The lowest BCUT2D eigenvalue weighted by atomic mass is 10.1. The van der Waals surface area contributed by atoms with Crippen molar-refractivity contribution >= 4 is 21.8 Å². The van der Waals surface area contributed by atoms with Crippen LogP contribution in [-0.4, -0.2) is 21.9 Å². The summed E-state index contributed by atoms with van der Waals surface area (Å²) in [5, 5.41) is 6.19. The van der Waals surface area contributed by atoms with Crippen molar-refractivity contribution in [2.75, 3.05) is 7.11 Å². The summed E-state index contributed by atoms with van der Waals surface area (Å²) in [6.07, 6.45) is 1.73. The van der Waals surface area contributed by atoms with Gasteiger partial charge in [0.2, 0.25) is 0 Å². The van der Waals surface area contributed by atoms with Crippen LogP contribution in [-0.2, 0) is 0 Å². The molecule has 0 aliphatic heterocycles. The zero-order valence-electron chi connectivity index (χ0n) is 15.4. The first-order valence-corrected chi connectivity index (χ1v) is 9.01. The number of aromatic nitrogens is 3. The maximum absolute atomic E-state index is 14.1. The lowest BCUT2D eigenvalue weighted by Gasteiger charge is -2.06. The van der Waals surface area contributed by atoms with E-state index in [1.807, 2.05) is 24.3 Å². The third kappa shape index (κ3) is 2.89. The van der Waals surface area contributed by atoms with Gasteiger partial charge in [-0.15, -0.1) is 0 Å². The summed E-state index contributed by atoms with van der Waals surface area (Å²) in [5.41, 5.74) is 3.55. The largest absolute Gasteiger partial charge is 0.497 e. The second kappa shape index (κ2) is 6.67. The van der Waals surface area contributed by atoms with Gasteiger partial charge in [-0.3, -0.25) is 4.98 Å². The van der Waals surface area contributed by atoms with Gasteiger partial charge >= 0.3 is 0 Å². The van der Waals surface area contributed by atoms with Crippen LogP contribution in [0, 0.1) is 11.6 Å². The molecule has 0 bridgehead atoms. The highest BCUT2D eigenvalue weighted by Gasteiger charge is 2.18. The molecule has 5 aromatic rings. The zero-order chi connectivity index (χ0) is 20.0. The van der Waals surface area contributed by atoms with E-state index in [1.54, 1.807) is 36.2 Å². The van der Waals surface area contributed by atoms with Crippen molar-refractivity contribution in [1.82, 2.24) is 14.8 Å². The van der Waals surface area contributed by atoms with E-state index in [0.29, 0.717) is 33.6 Å². The summed E-state index contributed by atoms with van der Waals surface area (Å²) >= 11 is 0. The number of ether oxygens (including phenoxy) is 1. The van der Waals surface area contributed by atoms with Crippen LogP contribution in [0.4, 0.5) is 8.78 Å². The van der Waals surface area contributed by atoms with Crippen LogP contribution in [0.1, 0.15) is 0 Å². The highest BCUT2D eigenvalue weighted by Crippen LogP contribution is 2.35. The molecule has 0 atom stereocenters. The molecule has 0 saturated heterocycles. The second-order valence-electron chi connectivity index (χ2n) is 6.65. The Hall–Kier alpha value is -3.80. The van der Waals surface area contributed by atoms with Crippen molar-refractivity contribution in [3.05, 3.63) is 84.6 Å². The molecule has 0 aliphatic carbocycles. The normalized spacial score (nSPS) is 11.3. The highest BCUT2D eigenvalue weighted by molar-refractivity contribution is 6.08. The van der Waals surface area contributed by atoms with Crippen LogP contribution in [0.15, 0.2) is 72.9 Å². The molecule has 0 saturated carbocycles. The predicted molar refractivity (Wildman–Crippen MR) is 108 cm³/mol. The minimum absolute atomic E-state index is 0.337. The first-order chi connectivity index (χ1) is 14.1. The van der Waals surface area contributed by atoms with Crippen LogP contribution >= 0.6 is 0 Å². The van der Waals surface area contributed by atoms with Gasteiger partial charge in [-0.25, -0.2) is 13.5 Å². The summed E-state index contributed by atoms with van der Waals surface area (Å²) in [6, 6.07) is 18.0. The standard InChI is InChI=1S/C23H15F2N3O/c1-29-18-4-2-3-14(11-18)22-20-13-26-21-10-7-16(25)12-19(21)23(20)28(27-22)17-8-5-15(24)6-9-17/h2-13H,1H3. The minimum atomic E-state index is -0.360. The van der Waals surface area contributed by atoms with E-state index in [-0.39, 0.29) is 11.6 Å². The summed E-state index contributed by atoms with van der Waals surface area (Å²) in [6.45, 7) is 0. The average Bonchev–Trinajstić information content (AvgIpc) is 3.14. The molecule has 0 amide bonds. The van der Waals surface area contributed by atoms with E-state index < -0.39 is 0 Å². The van der Waals surface area contributed by atoms with Crippen LogP contribution in [0.2, 0.25) is 0 Å². The molecule has 4 nitrogen and oxygen atoms in total. The monoisotopic (exact) mass is 387 g/mol. The van der Waals surface area contributed by atoms with Crippen molar-refractivity contribution in [3.63, 3.8) is 0 Å². The quantitative estimate of drug-likeness (QED) is 0.409. The Morgan fingerprint density at radius 3 is 2.45 bits per heavy atom. The highest BCUT2D eigenvalue weighted by atomic mass is 19.1. The van der Waals surface area contributed by atoms with Crippen LogP contribution < -0.4 is 4.74 Å². The Bertz CT molecular complexity index is 1360. The fourth-order valence-corrected chi connectivity index (χ4v) is 3.51. The van der Waals surface area contributed by atoms with Crippen LogP contribution in [0.25, 0.3) is 38.8 Å².